The van der Waals surface area contributed by atoms with E-state index in [0.717, 1.165) is 37.5 Å². The van der Waals surface area contributed by atoms with E-state index in [4.69, 9.17) is 0 Å². The van der Waals surface area contributed by atoms with Crippen molar-refractivity contribution < 1.29 is 14.4 Å². The van der Waals surface area contributed by atoms with Crippen LogP contribution in [0.2, 0.25) is 0 Å². The van der Waals surface area contributed by atoms with Crippen LogP contribution in [0.15, 0.2) is 29.3 Å². The first-order valence-corrected chi connectivity index (χ1v) is 10.8. The number of hydrogen-bond donors (Lipinski definition) is 3. The molecule has 0 aliphatic carbocycles. The highest BCUT2D eigenvalue weighted by molar-refractivity contribution is 5.97. The van der Waals surface area contributed by atoms with E-state index >= 15 is 0 Å². The summed E-state index contributed by atoms with van der Waals surface area (Å²) in [4.78, 5) is 43.8. The molecule has 2 aliphatic heterocycles. The van der Waals surface area contributed by atoms with Crippen LogP contribution in [0.3, 0.4) is 0 Å². The first kappa shape index (κ1) is 22.6. The van der Waals surface area contributed by atoms with Gasteiger partial charge < -0.3 is 25.8 Å². The van der Waals surface area contributed by atoms with E-state index in [0.29, 0.717) is 37.5 Å². The van der Waals surface area contributed by atoms with Crippen LogP contribution in [0.1, 0.15) is 35.2 Å². The van der Waals surface area contributed by atoms with Crippen LogP contribution in [0.25, 0.3) is 0 Å². The van der Waals surface area contributed by atoms with Crippen molar-refractivity contribution in [1.82, 2.24) is 25.8 Å². The highest BCUT2D eigenvalue weighted by Gasteiger charge is 2.24. The Hall–Kier alpha value is -3.10. The topological polar surface area (TPSA) is 106 Å². The predicted octanol–water partition coefficient (Wildman–Crippen LogP) is 0.182. The first-order valence-electron chi connectivity index (χ1n) is 10.8. The van der Waals surface area contributed by atoms with E-state index in [2.05, 4.69) is 25.8 Å². The van der Waals surface area contributed by atoms with Crippen LogP contribution >= 0.6 is 0 Å². The zero-order valence-electron chi connectivity index (χ0n) is 18.3. The van der Waals surface area contributed by atoms with Gasteiger partial charge in [0.2, 0.25) is 11.8 Å². The molecule has 1 aromatic rings. The van der Waals surface area contributed by atoms with Gasteiger partial charge in [-0.2, -0.15) is 0 Å². The molecule has 168 valence electrons. The van der Waals surface area contributed by atoms with Crippen LogP contribution in [-0.2, 0) is 16.1 Å². The second-order valence-corrected chi connectivity index (χ2v) is 7.98. The van der Waals surface area contributed by atoms with Crippen LogP contribution < -0.4 is 16.0 Å². The Morgan fingerprint density at radius 3 is 2.45 bits per heavy atom. The zero-order chi connectivity index (χ0) is 22.2. The first-order chi connectivity index (χ1) is 15.0. The van der Waals surface area contributed by atoms with E-state index in [-0.39, 0.29) is 24.3 Å². The third kappa shape index (κ3) is 6.19. The number of likely N-dealkylation sites (tertiary alicyclic amines) is 1. The van der Waals surface area contributed by atoms with Gasteiger partial charge in [-0.1, -0.05) is 12.1 Å². The summed E-state index contributed by atoms with van der Waals surface area (Å²) in [5, 5.41) is 8.81. The third-order valence-corrected chi connectivity index (χ3v) is 5.86. The minimum atomic E-state index is -0.121. The maximum Gasteiger partial charge on any atom is 0.254 e. The number of hydrogen-bond acceptors (Lipinski definition) is 4. The Morgan fingerprint density at radius 2 is 1.84 bits per heavy atom. The molecule has 0 aromatic heterocycles. The number of amides is 3. The number of nitrogens with zero attached hydrogens (tertiary/aromatic N) is 3. The molecule has 2 saturated heterocycles. The maximum atomic E-state index is 12.6. The number of piperidine rings is 1. The standard InChI is InChI=1S/C22H32N6O3/c1-23-19(29)13-16-7-10-27(11-8-16)22(24-2)26-14-17-3-5-18(6-4-17)21(31)28-12-9-25-20(30)15-28/h3-6,16H,7-15H2,1-2H3,(H,23,29)(H,24,26)(H,25,30). The molecule has 0 atom stereocenters. The molecular weight excluding hydrogens is 396 g/mol. The average molecular weight is 429 g/mol. The summed E-state index contributed by atoms with van der Waals surface area (Å²) in [7, 11) is 3.45. The van der Waals surface area contributed by atoms with Gasteiger partial charge in [0.1, 0.15) is 0 Å². The Bertz CT molecular complexity index is 815. The lowest BCUT2D eigenvalue weighted by molar-refractivity contribution is -0.123. The molecule has 0 bridgehead atoms. The van der Waals surface area contributed by atoms with Gasteiger partial charge in [0.15, 0.2) is 5.96 Å². The highest BCUT2D eigenvalue weighted by atomic mass is 16.2. The Kier molecular flexibility index (Phi) is 7.86. The average Bonchev–Trinajstić information content (AvgIpc) is 2.80. The molecule has 3 amide bonds. The molecule has 0 radical (unpaired) electrons. The molecule has 0 saturated carbocycles. The smallest absolute Gasteiger partial charge is 0.254 e. The van der Waals surface area contributed by atoms with Gasteiger partial charge in [0, 0.05) is 58.8 Å². The fraction of sp³-hybridized carbons (Fsp3) is 0.545. The summed E-state index contributed by atoms with van der Waals surface area (Å²) in [6.07, 6.45) is 2.53. The summed E-state index contributed by atoms with van der Waals surface area (Å²) in [5.41, 5.74) is 1.63. The third-order valence-electron chi connectivity index (χ3n) is 5.86. The van der Waals surface area contributed by atoms with E-state index in [9.17, 15) is 14.4 Å². The van der Waals surface area contributed by atoms with Crippen molar-refractivity contribution in [3.8, 4) is 0 Å². The number of carbonyl (C=O) groups is 3. The van der Waals surface area contributed by atoms with E-state index in [1.165, 1.54) is 0 Å². The Balaban J connectivity index is 1.48. The van der Waals surface area contributed by atoms with E-state index in [1.807, 2.05) is 12.1 Å². The van der Waals surface area contributed by atoms with Crippen LogP contribution in [-0.4, -0.2) is 80.3 Å². The number of piperazine rings is 1. The van der Waals surface area contributed by atoms with Gasteiger partial charge in [0.25, 0.3) is 5.91 Å². The van der Waals surface area contributed by atoms with Crippen molar-refractivity contribution in [2.24, 2.45) is 10.9 Å². The Labute approximate surface area is 183 Å². The van der Waals surface area contributed by atoms with Crippen molar-refractivity contribution in [3.63, 3.8) is 0 Å². The molecule has 9 nitrogen and oxygen atoms in total. The van der Waals surface area contributed by atoms with Gasteiger partial charge in [-0.05, 0) is 36.5 Å². The van der Waals surface area contributed by atoms with Crippen molar-refractivity contribution in [2.75, 3.05) is 46.8 Å². The van der Waals surface area contributed by atoms with Crippen molar-refractivity contribution >= 4 is 23.7 Å². The van der Waals surface area contributed by atoms with Crippen LogP contribution in [0.5, 0.6) is 0 Å². The number of carbonyl (C=O) groups excluding carboxylic acids is 3. The lowest BCUT2D eigenvalue weighted by Gasteiger charge is -2.34. The summed E-state index contributed by atoms with van der Waals surface area (Å²) in [5.74, 6) is 1.13. The molecule has 2 fully saturated rings. The summed E-state index contributed by atoms with van der Waals surface area (Å²) < 4.78 is 0. The number of rotatable bonds is 5. The van der Waals surface area contributed by atoms with E-state index < -0.39 is 0 Å². The second-order valence-electron chi connectivity index (χ2n) is 7.98. The molecule has 2 aliphatic rings. The summed E-state index contributed by atoms with van der Waals surface area (Å²) in [6, 6.07) is 7.46. The van der Waals surface area contributed by atoms with Gasteiger partial charge in [-0.15, -0.1) is 0 Å². The Morgan fingerprint density at radius 1 is 1.13 bits per heavy atom. The van der Waals surface area contributed by atoms with Gasteiger partial charge >= 0.3 is 0 Å². The lowest BCUT2D eigenvalue weighted by Crippen LogP contribution is -2.49. The van der Waals surface area contributed by atoms with Crippen molar-refractivity contribution in [1.29, 1.82) is 0 Å². The molecule has 3 N–H and O–H groups in total. The summed E-state index contributed by atoms with van der Waals surface area (Å²) in [6.45, 7) is 3.48. The quantitative estimate of drug-likeness (QED) is 0.458. The highest BCUT2D eigenvalue weighted by Crippen LogP contribution is 2.20. The second kappa shape index (κ2) is 10.8. The molecular formula is C22H32N6O3. The predicted molar refractivity (Wildman–Crippen MR) is 119 cm³/mol. The number of aliphatic imine (C=N–C) groups is 1. The van der Waals surface area contributed by atoms with Gasteiger partial charge in [0.05, 0.1) is 6.54 Å². The monoisotopic (exact) mass is 428 g/mol. The van der Waals surface area contributed by atoms with Gasteiger partial charge in [-0.25, -0.2) is 0 Å². The molecule has 1 aromatic carbocycles. The van der Waals surface area contributed by atoms with Crippen LogP contribution in [0.4, 0.5) is 0 Å². The lowest BCUT2D eigenvalue weighted by atomic mass is 9.93. The molecule has 0 spiro atoms. The molecule has 0 unspecified atom stereocenters. The van der Waals surface area contributed by atoms with Crippen LogP contribution in [0, 0.1) is 5.92 Å². The molecule has 3 rings (SSSR count). The normalized spacial score (nSPS) is 17.9. The molecule has 31 heavy (non-hydrogen) atoms. The minimum absolute atomic E-state index is 0.103. The largest absolute Gasteiger partial charge is 0.359 e. The van der Waals surface area contributed by atoms with Crippen molar-refractivity contribution in [2.45, 2.75) is 25.8 Å². The summed E-state index contributed by atoms with van der Waals surface area (Å²) >= 11 is 0. The maximum absolute atomic E-state index is 12.6. The zero-order valence-corrected chi connectivity index (χ0v) is 18.3. The van der Waals surface area contributed by atoms with Gasteiger partial charge in [-0.3, -0.25) is 19.4 Å². The number of nitrogens with one attached hydrogen (secondary N) is 3. The van der Waals surface area contributed by atoms with E-state index in [1.54, 1.807) is 31.1 Å². The van der Waals surface area contributed by atoms with Crippen molar-refractivity contribution in [3.05, 3.63) is 35.4 Å². The SMILES string of the molecule is CN=C(NCc1ccc(C(=O)N2CCNC(=O)C2)cc1)N1CCC(CC(=O)NC)CC1. The fourth-order valence-electron chi connectivity index (χ4n) is 3.99. The fourth-order valence-corrected chi connectivity index (χ4v) is 3.99. The minimum Gasteiger partial charge on any atom is -0.359 e. The number of guanidine groups is 1. The number of benzene rings is 1. The molecule has 2 heterocycles. The molecule has 9 heteroatoms.